The van der Waals surface area contributed by atoms with Crippen LogP contribution in [0, 0.1) is 0 Å². The van der Waals surface area contributed by atoms with E-state index in [-0.39, 0.29) is 5.57 Å². The fraction of sp³-hybridized carbons (Fsp3) is 0.375. The van der Waals surface area contributed by atoms with Crippen molar-refractivity contribution in [2.45, 2.75) is 40.4 Å². The van der Waals surface area contributed by atoms with Gasteiger partial charge in [0.1, 0.15) is 5.57 Å². The van der Waals surface area contributed by atoms with E-state index in [1.165, 1.54) is 6.92 Å². The number of carbonyl (C=O) groups is 2. The molecule has 4 heteroatoms. The van der Waals surface area contributed by atoms with Crippen molar-refractivity contribution in [1.82, 2.24) is 0 Å². The van der Waals surface area contributed by atoms with Gasteiger partial charge < -0.3 is 9.47 Å². The third-order valence-corrected chi connectivity index (χ3v) is 2.37. The molecule has 1 aliphatic rings. The summed E-state index contributed by atoms with van der Waals surface area (Å²) in [5.74, 6) is -2.86. The highest BCUT2D eigenvalue weighted by Gasteiger charge is 2.42. The Kier molecular flexibility index (Phi) is 7.29. The van der Waals surface area contributed by atoms with Gasteiger partial charge in [-0.05, 0) is 0 Å². The van der Waals surface area contributed by atoms with Crippen LogP contribution in [0.1, 0.15) is 40.2 Å². The normalized spacial score (nSPS) is 15.8. The van der Waals surface area contributed by atoms with Gasteiger partial charge >= 0.3 is 11.9 Å². The van der Waals surface area contributed by atoms with Crippen LogP contribution in [0.2, 0.25) is 0 Å². The highest BCUT2D eigenvalue weighted by molar-refractivity contribution is 6.14. The maximum absolute atomic E-state index is 11.4. The molecule has 0 aliphatic carbocycles. The number of hydrogen-bond donors (Lipinski definition) is 0. The maximum atomic E-state index is 11.4. The lowest BCUT2D eigenvalue weighted by Crippen LogP contribution is -2.41. The van der Waals surface area contributed by atoms with Crippen LogP contribution in [0.4, 0.5) is 0 Å². The molecule has 1 saturated heterocycles. The summed E-state index contributed by atoms with van der Waals surface area (Å²) < 4.78 is 10.1. The standard InChI is InChI=1S/C12H10O4.2C2H6/c1-8-10(13)15-12(2,16-11(8)14)9-6-4-3-5-7-9;2*1-2/h3-7H,1H2,2H3;2*1-2H3. The van der Waals surface area contributed by atoms with Gasteiger partial charge in [0.2, 0.25) is 0 Å². The Morgan fingerprint density at radius 3 is 1.70 bits per heavy atom. The molecule has 0 atom stereocenters. The Bertz CT molecular complexity index is 443. The van der Waals surface area contributed by atoms with Crippen molar-refractivity contribution in [1.29, 1.82) is 0 Å². The molecule has 0 aromatic heterocycles. The van der Waals surface area contributed by atoms with Gasteiger partial charge in [0.15, 0.2) is 0 Å². The Hall–Kier alpha value is -2.10. The second-order valence-corrected chi connectivity index (χ2v) is 3.57. The van der Waals surface area contributed by atoms with Gasteiger partial charge in [-0.3, -0.25) is 0 Å². The van der Waals surface area contributed by atoms with Crippen LogP contribution in [0.3, 0.4) is 0 Å². The van der Waals surface area contributed by atoms with E-state index < -0.39 is 17.7 Å². The van der Waals surface area contributed by atoms with E-state index in [9.17, 15) is 9.59 Å². The van der Waals surface area contributed by atoms with E-state index in [4.69, 9.17) is 9.47 Å². The Labute approximate surface area is 120 Å². The van der Waals surface area contributed by atoms with Crippen LogP contribution in [0.5, 0.6) is 0 Å². The number of carbonyl (C=O) groups excluding carboxylic acids is 2. The second-order valence-electron chi connectivity index (χ2n) is 3.57. The summed E-state index contributed by atoms with van der Waals surface area (Å²) in [6, 6.07) is 8.79. The van der Waals surface area contributed by atoms with Crippen molar-refractivity contribution in [3.8, 4) is 0 Å². The summed E-state index contributed by atoms with van der Waals surface area (Å²) in [6.07, 6.45) is 0. The molecule has 0 N–H and O–H groups in total. The lowest BCUT2D eigenvalue weighted by molar-refractivity contribution is -0.233. The highest BCUT2D eigenvalue weighted by atomic mass is 16.7. The molecule has 1 aromatic rings. The highest BCUT2D eigenvalue weighted by Crippen LogP contribution is 2.32. The molecule has 2 rings (SSSR count). The zero-order valence-corrected chi connectivity index (χ0v) is 12.7. The van der Waals surface area contributed by atoms with Gasteiger partial charge in [-0.2, -0.15) is 0 Å². The van der Waals surface area contributed by atoms with Crippen LogP contribution in [-0.4, -0.2) is 11.9 Å². The van der Waals surface area contributed by atoms with E-state index in [0.29, 0.717) is 5.56 Å². The second kappa shape index (κ2) is 8.15. The summed E-state index contributed by atoms with van der Waals surface area (Å²) in [5.41, 5.74) is 0.317. The van der Waals surface area contributed by atoms with Crippen molar-refractivity contribution < 1.29 is 19.1 Å². The molecule has 1 heterocycles. The molecule has 0 amide bonds. The first-order valence-corrected chi connectivity index (χ1v) is 6.74. The zero-order valence-electron chi connectivity index (χ0n) is 12.7. The average molecular weight is 278 g/mol. The molecular formula is C16H22O4. The lowest BCUT2D eigenvalue weighted by Gasteiger charge is -2.33. The summed E-state index contributed by atoms with van der Waals surface area (Å²) in [5, 5.41) is 0. The largest absolute Gasteiger partial charge is 0.414 e. The Morgan fingerprint density at radius 1 is 0.900 bits per heavy atom. The molecule has 0 bridgehead atoms. The molecule has 1 aliphatic heterocycles. The smallest absolute Gasteiger partial charge is 0.348 e. The van der Waals surface area contributed by atoms with E-state index in [1.807, 2.05) is 33.8 Å². The summed E-state index contributed by atoms with van der Waals surface area (Å²) in [6.45, 7) is 12.8. The van der Waals surface area contributed by atoms with Crippen LogP contribution in [0.15, 0.2) is 42.5 Å². The molecule has 1 fully saturated rings. The van der Waals surface area contributed by atoms with Crippen LogP contribution < -0.4 is 0 Å². The predicted molar refractivity (Wildman–Crippen MR) is 77.8 cm³/mol. The van der Waals surface area contributed by atoms with Crippen LogP contribution in [0.25, 0.3) is 0 Å². The number of rotatable bonds is 1. The number of esters is 2. The van der Waals surface area contributed by atoms with Gasteiger partial charge in [-0.1, -0.05) is 64.6 Å². The summed E-state index contributed by atoms with van der Waals surface area (Å²) >= 11 is 0. The minimum atomic E-state index is -1.36. The fourth-order valence-electron chi connectivity index (χ4n) is 1.44. The van der Waals surface area contributed by atoms with E-state index in [0.717, 1.165) is 0 Å². The first-order valence-electron chi connectivity index (χ1n) is 6.74. The summed E-state index contributed by atoms with van der Waals surface area (Å²) in [4.78, 5) is 22.7. The molecule has 0 unspecified atom stereocenters. The minimum Gasteiger partial charge on any atom is -0.414 e. The minimum absolute atomic E-state index is 0.284. The van der Waals surface area contributed by atoms with Crippen molar-refractivity contribution in [3.63, 3.8) is 0 Å². The van der Waals surface area contributed by atoms with Gasteiger partial charge in [0.25, 0.3) is 5.79 Å². The molecule has 1 aromatic carbocycles. The van der Waals surface area contributed by atoms with Gasteiger partial charge in [-0.15, -0.1) is 0 Å². The maximum Gasteiger partial charge on any atom is 0.348 e. The molecular weight excluding hydrogens is 256 g/mol. The van der Waals surface area contributed by atoms with Crippen molar-refractivity contribution in [2.24, 2.45) is 0 Å². The zero-order chi connectivity index (χ0) is 15.8. The molecule has 110 valence electrons. The molecule has 0 spiro atoms. The number of ether oxygens (including phenoxy) is 2. The Morgan fingerprint density at radius 2 is 1.30 bits per heavy atom. The summed E-state index contributed by atoms with van der Waals surface area (Å²) in [7, 11) is 0. The van der Waals surface area contributed by atoms with Crippen molar-refractivity contribution in [2.75, 3.05) is 0 Å². The first kappa shape index (κ1) is 17.9. The monoisotopic (exact) mass is 278 g/mol. The van der Waals surface area contributed by atoms with Crippen molar-refractivity contribution >= 4 is 11.9 Å². The molecule has 0 saturated carbocycles. The van der Waals surface area contributed by atoms with Gasteiger partial charge in [0, 0.05) is 12.5 Å². The van der Waals surface area contributed by atoms with E-state index >= 15 is 0 Å². The van der Waals surface area contributed by atoms with Crippen LogP contribution >= 0.6 is 0 Å². The molecule has 0 radical (unpaired) electrons. The number of cyclic esters (lactones) is 2. The van der Waals surface area contributed by atoms with E-state index in [1.54, 1.807) is 24.3 Å². The Balaban J connectivity index is 0.000000829. The third-order valence-electron chi connectivity index (χ3n) is 2.37. The topological polar surface area (TPSA) is 52.6 Å². The predicted octanol–water partition coefficient (Wildman–Crippen LogP) is 3.57. The third kappa shape index (κ3) is 3.95. The average Bonchev–Trinajstić information content (AvgIpc) is 2.50. The number of hydrogen-bond acceptors (Lipinski definition) is 4. The van der Waals surface area contributed by atoms with Gasteiger partial charge in [-0.25, -0.2) is 9.59 Å². The number of benzene rings is 1. The lowest BCUT2D eigenvalue weighted by atomic mass is 10.1. The van der Waals surface area contributed by atoms with E-state index in [2.05, 4.69) is 6.58 Å². The first-order chi connectivity index (χ1) is 9.53. The quantitative estimate of drug-likeness (QED) is 0.447. The fourth-order valence-corrected chi connectivity index (χ4v) is 1.44. The SMILES string of the molecule is C=C1C(=O)OC(C)(c2ccccc2)OC1=O.CC.CC. The van der Waals surface area contributed by atoms with Crippen LogP contribution in [-0.2, 0) is 24.8 Å². The van der Waals surface area contributed by atoms with Gasteiger partial charge in [0.05, 0.1) is 0 Å². The molecule has 4 nitrogen and oxygen atoms in total. The van der Waals surface area contributed by atoms with Crippen molar-refractivity contribution in [3.05, 3.63) is 48.0 Å². The molecule has 20 heavy (non-hydrogen) atoms.